The highest BCUT2D eigenvalue weighted by molar-refractivity contribution is 6.38. The number of amidine groups is 1. The predicted molar refractivity (Wildman–Crippen MR) is 107 cm³/mol. The number of aromatic nitrogens is 1. The third kappa shape index (κ3) is 3.05. The van der Waals surface area contributed by atoms with Crippen LogP contribution in [0.3, 0.4) is 0 Å². The van der Waals surface area contributed by atoms with Gasteiger partial charge in [-0.25, -0.2) is 4.98 Å². The molecule has 1 unspecified atom stereocenters. The predicted octanol–water partition coefficient (Wildman–Crippen LogP) is 3.41. The van der Waals surface area contributed by atoms with Gasteiger partial charge in [0, 0.05) is 17.8 Å². The minimum absolute atomic E-state index is 0.0344. The zero-order chi connectivity index (χ0) is 18.9. The number of anilines is 1. The van der Waals surface area contributed by atoms with Crippen LogP contribution in [0, 0.1) is 0 Å². The number of nitrogens with zero attached hydrogens (tertiary/aromatic N) is 5. The molecule has 0 saturated heterocycles. The van der Waals surface area contributed by atoms with Crippen molar-refractivity contribution in [2.75, 3.05) is 19.5 Å². The number of methoxy groups -OCH3 is 2. The summed E-state index contributed by atoms with van der Waals surface area (Å²) in [4.78, 5) is 13.0. The van der Waals surface area contributed by atoms with Gasteiger partial charge in [0.05, 0.1) is 31.6 Å². The van der Waals surface area contributed by atoms with Crippen molar-refractivity contribution in [3.8, 4) is 11.6 Å². The van der Waals surface area contributed by atoms with Gasteiger partial charge in [0.2, 0.25) is 5.88 Å². The lowest BCUT2D eigenvalue weighted by Gasteiger charge is -2.23. The van der Waals surface area contributed by atoms with Crippen molar-refractivity contribution in [3.05, 3.63) is 54.0 Å². The first-order valence-electron chi connectivity index (χ1n) is 8.05. The lowest BCUT2D eigenvalue weighted by molar-refractivity contribution is 0.397. The van der Waals surface area contributed by atoms with Gasteiger partial charge >= 0.3 is 0 Å². The number of rotatable bonds is 4. The molecular formula is C18H16ClN6O2+. The SMILES string of the molecule is COc1ccc([N+]23C=CN=CC2=NC(Nc2ccc(OC)c(Cl)c2)=N3)cn1. The van der Waals surface area contributed by atoms with E-state index < -0.39 is 0 Å². The molecule has 2 aliphatic heterocycles. The van der Waals surface area contributed by atoms with E-state index in [0.717, 1.165) is 11.4 Å². The number of hydrogen-bond acceptors (Lipinski definition) is 7. The van der Waals surface area contributed by atoms with Crippen LogP contribution >= 0.6 is 11.6 Å². The van der Waals surface area contributed by atoms with Crippen LogP contribution in [-0.2, 0) is 0 Å². The Morgan fingerprint density at radius 1 is 1.11 bits per heavy atom. The van der Waals surface area contributed by atoms with Crippen LogP contribution in [0.25, 0.3) is 0 Å². The molecule has 9 heteroatoms. The van der Waals surface area contributed by atoms with Crippen molar-refractivity contribution in [1.29, 1.82) is 0 Å². The van der Waals surface area contributed by atoms with E-state index >= 15 is 0 Å². The first kappa shape index (κ1) is 17.2. The zero-order valence-corrected chi connectivity index (χ0v) is 15.4. The minimum atomic E-state index is 0.0344. The van der Waals surface area contributed by atoms with Gasteiger partial charge in [-0.1, -0.05) is 16.2 Å². The molecule has 1 aromatic carbocycles. The lowest BCUT2D eigenvalue weighted by atomic mass is 10.3. The first-order valence-corrected chi connectivity index (χ1v) is 8.43. The topological polar surface area (TPSA) is 80.5 Å². The van der Waals surface area contributed by atoms with Gasteiger partial charge in [-0.2, -0.15) is 4.99 Å². The number of nitrogens with one attached hydrogen (secondary N) is 1. The molecule has 0 amide bonds. The Morgan fingerprint density at radius 2 is 2.00 bits per heavy atom. The fourth-order valence-electron chi connectivity index (χ4n) is 2.78. The minimum Gasteiger partial charge on any atom is -0.495 e. The zero-order valence-electron chi connectivity index (χ0n) is 14.6. The van der Waals surface area contributed by atoms with Crippen LogP contribution in [0.2, 0.25) is 5.02 Å². The number of fused-ring (bicyclic) bond motifs is 1. The summed E-state index contributed by atoms with van der Waals surface area (Å²) in [6, 6.07) is 9.04. The quantitative estimate of drug-likeness (QED) is 0.820. The molecular weight excluding hydrogens is 368 g/mol. The number of pyridine rings is 1. The van der Waals surface area contributed by atoms with E-state index in [9.17, 15) is 0 Å². The number of halogens is 1. The molecule has 1 N–H and O–H groups in total. The summed E-state index contributed by atoms with van der Waals surface area (Å²) in [6.45, 7) is 0. The van der Waals surface area contributed by atoms with E-state index in [1.165, 1.54) is 0 Å². The Labute approximate surface area is 160 Å². The molecule has 1 aromatic heterocycles. The lowest BCUT2D eigenvalue weighted by Crippen LogP contribution is -2.44. The summed E-state index contributed by atoms with van der Waals surface area (Å²) in [6.07, 6.45) is 6.88. The van der Waals surface area contributed by atoms with Crippen molar-refractivity contribution in [1.82, 2.24) is 9.58 Å². The van der Waals surface area contributed by atoms with Crippen LogP contribution in [0.15, 0.2) is 64.0 Å². The van der Waals surface area contributed by atoms with Crippen LogP contribution in [0.5, 0.6) is 11.6 Å². The van der Waals surface area contributed by atoms with Crippen molar-refractivity contribution < 1.29 is 9.47 Å². The molecule has 0 saturated carbocycles. The van der Waals surface area contributed by atoms with Gasteiger partial charge in [0.1, 0.15) is 12.0 Å². The van der Waals surface area contributed by atoms with Crippen LogP contribution < -0.4 is 19.4 Å². The van der Waals surface area contributed by atoms with E-state index in [1.54, 1.807) is 51.0 Å². The third-order valence-corrected chi connectivity index (χ3v) is 4.41. The molecule has 2 aromatic rings. The summed E-state index contributed by atoms with van der Waals surface area (Å²) in [5, 5.41) is 8.41. The number of aliphatic imine (C=N–C) groups is 2. The molecule has 4 rings (SSSR count). The molecule has 136 valence electrons. The molecule has 3 heterocycles. The van der Waals surface area contributed by atoms with Crippen molar-refractivity contribution in [2.45, 2.75) is 0 Å². The molecule has 0 radical (unpaired) electrons. The fourth-order valence-corrected chi connectivity index (χ4v) is 3.03. The smallest absolute Gasteiger partial charge is 0.287 e. The molecule has 8 nitrogen and oxygen atoms in total. The maximum Gasteiger partial charge on any atom is 0.287 e. The van der Waals surface area contributed by atoms with E-state index in [1.807, 2.05) is 18.3 Å². The van der Waals surface area contributed by atoms with E-state index in [4.69, 9.17) is 26.2 Å². The van der Waals surface area contributed by atoms with Crippen molar-refractivity contribution in [3.63, 3.8) is 0 Å². The van der Waals surface area contributed by atoms with Gasteiger partial charge in [-0.05, 0) is 23.3 Å². The summed E-state index contributed by atoms with van der Waals surface area (Å²) in [5.74, 6) is 2.20. The van der Waals surface area contributed by atoms with Gasteiger partial charge in [0.15, 0.2) is 11.9 Å². The summed E-state index contributed by atoms with van der Waals surface area (Å²) >= 11 is 6.19. The number of hydrogen-bond donors (Lipinski definition) is 1. The molecule has 2 aliphatic rings. The van der Waals surface area contributed by atoms with Gasteiger partial charge in [0.25, 0.3) is 11.8 Å². The highest BCUT2D eigenvalue weighted by atomic mass is 35.5. The van der Waals surface area contributed by atoms with Crippen molar-refractivity contribution >= 4 is 41.0 Å². The largest absolute Gasteiger partial charge is 0.495 e. The van der Waals surface area contributed by atoms with Crippen LogP contribution in [0.1, 0.15) is 0 Å². The number of quaternary nitrogens is 1. The van der Waals surface area contributed by atoms with Crippen LogP contribution in [-0.4, -0.2) is 37.2 Å². The highest BCUT2D eigenvalue weighted by Crippen LogP contribution is 2.32. The number of guanidine groups is 1. The highest BCUT2D eigenvalue weighted by Gasteiger charge is 2.43. The van der Waals surface area contributed by atoms with Crippen LogP contribution in [0.4, 0.5) is 11.4 Å². The average Bonchev–Trinajstić information content (AvgIpc) is 3.07. The second-order valence-electron chi connectivity index (χ2n) is 5.69. The standard InChI is InChI=1S/C18H16ClN6O2/c1-26-15-5-3-12(9-14(15)19)22-18-23-16-11-20-7-8-25(16,24-18)13-4-6-17(27-2)21-10-13/h3-11H,1-2H3,(H,22,24)/q+1. The summed E-state index contributed by atoms with van der Waals surface area (Å²) in [5.41, 5.74) is 1.55. The maximum atomic E-state index is 6.19. The molecule has 0 fully saturated rings. The van der Waals surface area contributed by atoms with Gasteiger partial charge < -0.3 is 14.8 Å². The Balaban J connectivity index is 1.69. The molecule has 27 heavy (non-hydrogen) atoms. The number of ether oxygens (including phenoxy) is 2. The third-order valence-electron chi connectivity index (χ3n) is 4.11. The second-order valence-corrected chi connectivity index (χ2v) is 6.10. The van der Waals surface area contributed by atoms with Gasteiger partial charge in [-0.15, -0.1) is 0 Å². The van der Waals surface area contributed by atoms with E-state index in [0.29, 0.717) is 28.4 Å². The monoisotopic (exact) mass is 383 g/mol. The maximum absolute atomic E-state index is 6.19. The summed E-state index contributed by atoms with van der Waals surface area (Å²) < 4.78 is 10.3. The number of benzene rings is 1. The fraction of sp³-hybridized carbons (Fsp3) is 0.111. The van der Waals surface area contributed by atoms with E-state index in [2.05, 4.69) is 20.3 Å². The molecule has 0 bridgehead atoms. The van der Waals surface area contributed by atoms with Crippen molar-refractivity contribution in [2.24, 2.45) is 15.1 Å². The average molecular weight is 384 g/mol. The molecule has 1 atom stereocenters. The van der Waals surface area contributed by atoms with Gasteiger partial charge in [-0.3, -0.25) is 4.99 Å². The Morgan fingerprint density at radius 3 is 2.70 bits per heavy atom. The summed E-state index contributed by atoms with van der Waals surface area (Å²) in [7, 11) is 3.15. The first-order chi connectivity index (χ1) is 13.1. The second kappa shape index (κ2) is 6.82. The molecule has 0 spiro atoms. The Bertz CT molecular complexity index is 999. The normalized spacial score (nSPS) is 20.0. The van der Waals surface area contributed by atoms with E-state index in [-0.39, 0.29) is 4.59 Å². The Kier molecular flexibility index (Phi) is 4.35. The Hall–Kier alpha value is -3.23. The molecule has 0 aliphatic carbocycles.